The van der Waals surface area contributed by atoms with Crippen molar-refractivity contribution in [2.75, 3.05) is 26.2 Å². The van der Waals surface area contributed by atoms with Gasteiger partial charge in [0.1, 0.15) is 5.82 Å². The molecule has 1 aliphatic carbocycles. The summed E-state index contributed by atoms with van der Waals surface area (Å²) in [5.41, 5.74) is 2.10. The van der Waals surface area contributed by atoms with Crippen LogP contribution in [0, 0.1) is 18.7 Å². The zero-order chi connectivity index (χ0) is 13.9. The van der Waals surface area contributed by atoms with Crippen LogP contribution in [-0.2, 0) is 0 Å². The van der Waals surface area contributed by atoms with Gasteiger partial charge in [0.15, 0.2) is 0 Å². The van der Waals surface area contributed by atoms with Crippen LogP contribution in [0.2, 0.25) is 0 Å². The van der Waals surface area contributed by atoms with Crippen LogP contribution in [0.5, 0.6) is 0 Å². The zero-order valence-electron chi connectivity index (χ0n) is 12.8. The number of nitrogens with zero attached hydrogens (tertiary/aromatic N) is 1. The summed E-state index contributed by atoms with van der Waals surface area (Å²) in [6, 6.07) is 5.87. The molecule has 0 aromatic heterocycles. The highest BCUT2D eigenvalue weighted by Crippen LogP contribution is 2.40. The van der Waals surface area contributed by atoms with Crippen molar-refractivity contribution in [1.82, 2.24) is 10.2 Å². The van der Waals surface area contributed by atoms with Gasteiger partial charge in [0.2, 0.25) is 0 Å². The van der Waals surface area contributed by atoms with E-state index in [4.69, 9.17) is 0 Å². The fourth-order valence-corrected chi connectivity index (χ4v) is 3.87. The van der Waals surface area contributed by atoms with Crippen molar-refractivity contribution >= 4 is 12.4 Å². The Hall–Kier alpha value is -0.640. The van der Waals surface area contributed by atoms with Crippen LogP contribution in [-0.4, -0.2) is 31.1 Å². The summed E-state index contributed by atoms with van der Waals surface area (Å²) >= 11 is 0. The highest BCUT2D eigenvalue weighted by Gasteiger charge is 2.33. The number of benzene rings is 1. The largest absolute Gasteiger partial charge is 0.314 e. The van der Waals surface area contributed by atoms with Gasteiger partial charge < -0.3 is 5.32 Å². The van der Waals surface area contributed by atoms with Gasteiger partial charge in [0.05, 0.1) is 0 Å². The fourth-order valence-electron chi connectivity index (χ4n) is 3.87. The van der Waals surface area contributed by atoms with E-state index in [0.29, 0.717) is 5.92 Å². The number of nitrogens with one attached hydrogen (secondary N) is 1. The molecule has 1 N–H and O–H groups in total. The van der Waals surface area contributed by atoms with Crippen molar-refractivity contribution in [2.24, 2.45) is 5.92 Å². The van der Waals surface area contributed by atoms with E-state index in [1.165, 1.54) is 31.2 Å². The average Bonchev–Trinajstić information content (AvgIpc) is 2.98. The summed E-state index contributed by atoms with van der Waals surface area (Å²) in [4.78, 5) is 2.50. The SMILES string of the molecule is Cc1ccc(F)c([C@@H](C2CCCC2)N2CCNCC2)c1.Cl. The van der Waals surface area contributed by atoms with Gasteiger partial charge in [0.25, 0.3) is 0 Å². The number of hydrogen-bond acceptors (Lipinski definition) is 2. The molecule has 2 fully saturated rings. The number of aryl methyl sites for hydroxylation is 1. The summed E-state index contributed by atoms with van der Waals surface area (Å²) < 4.78 is 14.4. The Kier molecular flexibility index (Phi) is 6.03. The van der Waals surface area contributed by atoms with Crippen LogP contribution in [0.25, 0.3) is 0 Å². The lowest BCUT2D eigenvalue weighted by Gasteiger charge is -2.39. The maximum atomic E-state index is 14.4. The van der Waals surface area contributed by atoms with Gasteiger partial charge in [-0.05, 0) is 31.7 Å². The molecule has 1 atom stereocenters. The molecule has 21 heavy (non-hydrogen) atoms. The molecule has 2 aliphatic rings. The van der Waals surface area contributed by atoms with Gasteiger partial charge in [-0.25, -0.2) is 4.39 Å². The molecular formula is C17H26ClFN2. The third-order valence-electron chi connectivity index (χ3n) is 4.86. The van der Waals surface area contributed by atoms with Gasteiger partial charge >= 0.3 is 0 Å². The summed E-state index contributed by atoms with van der Waals surface area (Å²) in [6.45, 7) is 6.18. The van der Waals surface area contributed by atoms with E-state index >= 15 is 0 Å². The van der Waals surface area contributed by atoms with E-state index in [9.17, 15) is 4.39 Å². The molecule has 1 aliphatic heterocycles. The minimum atomic E-state index is -0.0222. The molecule has 1 aromatic carbocycles. The van der Waals surface area contributed by atoms with Crippen molar-refractivity contribution in [2.45, 2.75) is 38.6 Å². The maximum Gasteiger partial charge on any atom is 0.128 e. The number of hydrogen-bond donors (Lipinski definition) is 1. The van der Waals surface area contributed by atoms with E-state index in [-0.39, 0.29) is 24.3 Å². The van der Waals surface area contributed by atoms with E-state index in [0.717, 1.165) is 31.7 Å². The third kappa shape index (κ3) is 3.77. The zero-order valence-corrected chi connectivity index (χ0v) is 13.6. The summed E-state index contributed by atoms with van der Waals surface area (Å²) in [5.74, 6) is 0.607. The van der Waals surface area contributed by atoms with Gasteiger partial charge in [-0.3, -0.25) is 4.90 Å². The van der Waals surface area contributed by atoms with Crippen LogP contribution >= 0.6 is 12.4 Å². The lowest BCUT2D eigenvalue weighted by atomic mass is 9.88. The van der Waals surface area contributed by atoms with Crippen LogP contribution < -0.4 is 5.32 Å². The second-order valence-electron chi connectivity index (χ2n) is 6.30. The molecular weight excluding hydrogens is 287 g/mol. The first kappa shape index (κ1) is 16.7. The van der Waals surface area contributed by atoms with Crippen molar-refractivity contribution in [3.8, 4) is 0 Å². The highest BCUT2D eigenvalue weighted by atomic mass is 35.5. The van der Waals surface area contributed by atoms with Crippen molar-refractivity contribution in [1.29, 1.82) is 0 Å². The summed E-state index contributed by atoms with van der Waals surface area (Å²) in [5, 5.41) is 3.40. The molecule has 0 unspecified atom stereocenters. The number of rotatable bonds is 3. The molecule has 0 amide bonds. The van der Waals surface area contributed by atoms with Gasteiger partial charge in [-0.1, -0.05) is 30.5 Å². The molecule has 0 bridgehead atoms. The predicted octanol–water partition coefficient (Wildman–Crippen LogP) is 3.69. The smallest absolute Gasteiger partial charge is 0.128 e. The predicted molar refractivity (Wildman–Crippen MR) is 87.5 cm³/mol. The lowest BCUT2D eigenvalue weighted by Crippen LogP contribution is -2.46. The van der Waals surface area contributed by atoms with Gasteiger partial charge in [0, 0.05) is 37.8 Å². The van der Waals surface area contributed by atoms with Crippen molar-refractivity contribution < 1.29 is 4.39 Å². The lowest BCUT2D eigenvalue weighted by molar-refractivity contribution is 0.122. The Morgan fingerprint density at radius 2 is 1.86 bits per heavy atom. The Labute approximate surface area is 133 Å². The molecule has 0 spiro atoms. The van der Waals surface area contributed by atoms with Crippen LogP contribution in [0.4, 0.5) is 4.39 Å². The van der Waals surface area contributed by atoms with Gasteiger partial charge in [-0.15, -0.1) is 12.4 Å². The van der Waals surface area contributed by atoms with E-state index in [1.54, 1.807) is 6.07 Å². The topological polar surface area (TPSA) is 15.3 Å². The maximum absolute atomic E-state index is 14.4. The van der Waals surface area contributed by atoms with Crippen molar-refractivity contribution in [3.63, 3.8) is 0 Å². The summed E-state index contributed by atoms with van der Waals surface area (Å²) in [7, 11) is 0. The molecule has 1 heterocycles. The van der Waals surface area contributed by atoms with E-state index in [2.05, 4.69) is 23.2 Å². The van der Waals surface area contributed by atoms with E-state index < -0.39 is 0 Å². The quantitative estimate of drug-likeness (QED) is 0.915. The second kappa shape index (κ2) is 7.57. The van der Waals surface area contributed by atoms with Crippen LogP contribution in [0.1, 0.15) is 42.9 Å². The molecule has 1 saturated heterocycles. The Morgan fingerprint density at radius 3 is 2.52 bits per heavy atom. The molecule has 2 nitrogen and oxygen atoms in total. The van der Waals surface area contributed by atoms with Gasteiger partial charge in [-0.2, -0.15) is 0 Å². The first-order valence-electron chi connectivity index (χ1n) is 7.96. The molecule has 118 valence electrons. The number of piperazine rings is 1. The summed E-state index contributed by atoms with van der Waals surface area (Å²) in [6.07, 6.45) is 5.12. The standard InChI is InChI=1S/C17H25FN2.ClH/c1-13-6-7-16(18)15(12-13)17(14-4-2-3-5-14)20-10-8-19-9-11-20;/h6-7,12,14,17,19H,2-5,8-11H2,1H3;1H/t17-;/m1./s1. The molecule has 4 heteroatoms. The Bertz CT molecular complexity index is 454. The first-order chi connectivity index (χ1) is 9.75. The van der Waals surface area contributed by atoms with Crippen LogP contribution in [0.3, 0.4) is 0 Å². The number of halogens is 2. The molecule has 0 radical (unpaired) electrons. The fraction of sp³-hybridized carbons (Fsp3) is 0.647. The molecule has 1 aromatic rings. The minimum absolute atomic E-state index is 0. The monoisotopic (exact) mass is 312 g/mol. The molecule has 3 rings (SSSR count). The van der Waals surface area contributed by atoms with Crippen molar-refractivity contribution in [3.05, 3.63) is 35.1 Å². The normalized spacial score (nSPS) is 22.0. The second-order valence-corrected chi connectivity index (χ2v) is 6.30. The Balaban J connectivity index is 0.00000161. The molecule has 1 saturated carbocycles. The van der Waals surface area contributed by atoms with Crippen LogP contribution in [0.15, 0.2) is 18.2 Å². The minimum Gasteiger partial charge on any atom is -0.314 e. The van der Waals surface area contributed by atoms with E-state index in [1.807, 2.05) is 6.07 Å². The highest BCUT2D eigenvalue weighted by molar-refractivity contribution is 5.85. The first-order valence-corrected chi connectivity index (χ1v) is 7.96. The third-order valence-corrected chi connectivity index (χ3v) is 4.86. The average molecular weight is 313 g/mol. The Morgan fingerprint density at radius 1 is 1.19 bits per heavy atom.